The number of aryl methyl sites for hydroxylation is 5. The van der Waals surface area contributed by atoms with Crippen LogP contribution >= 0.6 is 0 Å². The lowest BCUT2D eigenvalue weighted by Gasteiger charge is -2.06. The number of hydrogen-bond donors (Lipinski definition) is 1. The fraction of sp³-hybridized carbons (Fsp3) is 0.333. The molecule has 100 valence electrons. The Labute approximate surface area is 112 Å². The van der Waals surface area contributed by atoms with Gasteiger partial charge in [-0.3, -0.25) is 0 Å². The lowest BCUT2D eigenvalue weighted by molar-refractivity contribution is 0.0685. The first-order chi connectivity index (χ1) is 8.99. The number of carboxylic acids is 1. The maximum atomic E-state index is 11.2. The molecule has 2 aromatic rings. The molecule has 0 spiro atoms. The molecule has 1 aromatic heterocycles. The van der Waals surface area contributed by atoms with Gasteiger partial charge in [0.2, 0.25) is 0 Å². The summed E-state index contributed by atoms with van der Waals surface area (Å²) in [5.41, 5.74) is 4.66. The molecule has 4 nitrogen and oxygen atoms in total. The molecule has 4 heteroatoms. The first-order valence-electron chi connectivity index (χ1n) is 6.28. The van der Waals surface area contributed by atoms with E-state index in [2.05, 4.69) is 37.0 Å². The van der Waals surface area contributed by atoms with Gasteiger partial charge in [0.25, 0.3) is 0 Å². The van der Waals surface area contributed by atoms with Crippen molar-refractivity contribution in [2.75, 3.05) is 0 Å². The molecule has 1 heterocycles. The summed E-state index contributed by atoms with van der Waals surface area (Å²) in [6.45, 7) is 4.15. The van der Waals surface area contributed by atoms with Crippen LogP contribution in [0.3, 0.4) is 0 Å². The van der Waals surface area contributed by atoms with Gasteiger partial charge in [-0.2, -0.15) is 0 Å². The molecule has 0 aliphatic carbocycles. The zero-order valence-electron chi connectivity index (χ0n) is 11.5. The number of nitrogens with zero attached hydrogens (tertiary/aromatic N) is 2. The lowest BCUT2D eigenvalue weighted by Crippen LogP contribution is -2.08. The normalized spacial score (nSPS) is 10.7. The molecule has 19 heavy (non-hydrogen) atoms. The number of carbonyl (C=O) groups is 1. The van der Waals surface area contributed by atoms with Gasteiger partial charge >= 0.3 is 5.97 Å². The zero-order valence-corrected chi connectivity index (χ0v) is 11.5. The molecular weight excluding hydrogens is 240 g/mol. The predicted molar refractivity (Wildman–Crippen MR) is 73.5 cm³/mol. The van der Waals surface area contributed by atoms with Gasteiger partial charge in [-0.05, 0) is 37.8 Å². The van der Waals surface area contributed by atoms with Crippen molar-refractivity contribution in [1.29, 1.82) is 0 Å². The summed E-state index contributed by atoms with van der Waals surface area (Å²) < 4.78 is 1.56. The average Bonchev–Trinajstić information content (AvgIpc) is 2.69. The third-order valence-electron chi connectivity index (χ3n) is 3.34. The van der Waals surface area contributed by atoms with Crippen molar-refractivity contribution in [2.24, 2.45) is 7.05 Å². The van der Waals surface area contributed by atoms with Crippen LogP contribution in [0.15, 0.2) is 24.5 Å². The molecule has 0 unspecified atom stereocenters. The summed E-state index contributed by atoms with van der Waals surface area (Å²) in [7, 11) is 1.71. The highest BCUT2D eigenvalue weighted by Crippen LogP contribution is 2.15. The molecule has 1 N–H and O–H groups in total. The van der Waals surface area contributed by atoms with Crippen LogP contribution in [0, 0.1) is 13.8 Å². The molecule has 0 radical (unpaired) electrons. The van der Waals surface area contributed by atoms with Gasteiger partial charge in [-0.25, -0.2) is 9.78 Å². The lowest BCUT2D eigenvalue weighted by atomic mass is 10.0. The first-order valence-corrected chi connectivity index (χ1v) is 6.28. The number of benzene rings is 1. The van der Waals surface area contributed by atoms with Crippen molar-refractivity contribution in [2.45, 2.75) is 26.7 Å². The second-order valence-corrected chi connectivity index (χ2v) is 4.89. The summed E-state index contributed by atoms with van der Waals surface area (Å²) in [6, 6.07) is 6.33. The van der Waals surface area contributed by atoms with Crippen molar-refractivity contribution >= 4 is 5.97 Å². The molecule has 0 atom stereocenters. The maximum Gasteiger partial charge on any atom is 0.354 e. The van der Waals surface area contributed by atoms with Crippen molar-refractivity contribution < 1.29 is 9.90 Å². The summed E-state index contributed by atoms with van der Waals surface area (Å²) in [5, 5.41) is 9.16. The predicted octanol–water partition coefficient (Wildman–Crippen LogP) is 2.52. The highest BCUT2D eigenvalue weighted by Gasteiger charge is 2.15. The van der Waals surface area contributed by atoms with E-state index in [1.165, 1.54) is 16.7 Å². The Balaban J connectivity index is 2.17. The minimum absolute atomic E-state index is 0.282. The highest BCUT2D eigenvalue weighted by molar-refractivity contribution is 5.87. The van der Waals surface area contributed by atoms with Crippen LogP contribution in [0.4, 0.5) is 0 Å². The van der Waals surface area contributed by atoms with Gasteiger partial charge in [0.05, 0.1) is 12.0 Å². The Morgan fingerprint density at radius 1 is 1.32 bits per heavy atom. The summed E-state index contributed by atoms with van der Waals surface area (Å²) in [5.74, 6) is -0.921. The minimum atomic E-state index is -0.921. The maximum absolute atomic E-state index is 11.2. The van der Waals surface area contributed by atoms with Gasteiger partial charge in [-0.1, -0.05) is 23.8 Å². The van der Waals surface area contributed by atoms with E-state index < -0.39 is 5.97 Å². The largest absolute Gasteiger partial charge is 0.477 e. The van der Waals surface area contributed by atoms with Crippen LogP contribution < -0.4 is 0 Å². The minimum Gasteiger partial charge on any atom is -0.477 e. The summed E-state index contributed by atoms with van der Waals surface area (Å²) in [4.78, 5) is 15.3. The van der Waals surface area contributed by atoms with Crippen LogP contribution in [-0.2, 0) is 19.9 Å². The Morgan fingerprint density at radius 2 is 2.05 bits per heavy atom. The number of imidazole rings is 1. The van der Waals surface area contributed by atoms with Crippen LogP contribution in [0.2, 0.25) is 0 Å². The van der Waals surface area contributed by atoms with E-state index in [1.54, 1.807) is 17.9 Å². The van der Waals surface area contributed by atoms with Crippen LogP contribution in [0.25, 0.3) is 0 Å². The standard InChI is InChI=1S/C15H18N2O2/c1-10-4-5-12(11(2)8-10)6-7-13-14(15(18)19)17(3)9-16-13/h4-5,8-9H,6-7H2,1-3H3,(H,18,19). The molecule has 0 saturated heterocycles. The van der Waals surface area contributed by atoms with Gasteiger partial charge in [0.15, 0.2) is 0 Å². The number of aromatic nitrogens is 2. The number of hydrogen-bond acceptors (Lipinski definition) is 2. The third kappa shape index (κ3) is 2.84. The number of rotatable bonds is 4. The average molecular weight is 258 g/mol. The quantitative estimate of drug-likeness (QED) is 0.916. The van der Waals surface area contributed by atoms with Gasteiger partial charge < -0.3 is 9.67 Å². The summed E-state index contributed by atoms with van der Waals surface area (Å²) >= 11 is 0. The van der Waals surface area contributed by atoms with E-state index in [0.29, 0.717) is 12.1 Å². The molecule has 0 amide bonds. The monoisotopic (exact) mass is 258 g/mol. The molecule has 1 aromatic carbocycles. The van der Waals surface area contributed by atoms with Crippen molar-refractivity contribution in [3.8, 4) is 0 Å². The number of aromatic carboxylic acids is 1. The van der Waals surface area contributed by atoms with E-state index in [9.17, 15) is 4.79 Å². The van der Waals surface area contributed by atoms with Crippen LogP contribution in [0.1, 0.15) is 32.9 Å². The zero-order chi connectivity index (χ0) is 14.0. The van der Waals surface area contributed by atoms with Gasteiger partial charge in [0.1, 0.15) is 5.69 Å². The second kappa shape index (κ2) is 5.26. The van der Waals surface area contributed by atoms with E-state index in [-0.39, 0.29) is 5.69 Å². The van der Waals surface area contributed by atoms with Crippen LogP contribution in [0.5, 0.6) is 0 Å². The summed E-state index contributed by atoms with van der Waals surface area (Å²) in [6.07, 6.45) is 3.01. The third-order valence-corrected chi connectivity index (χ3v) is 3.34. The Kier molecular flexibility index (Phi) is 3.69. The molecule has 0 bridgehead atoms. The molecular formula is C15H18N2O2. The van der Waals surface area contributed by atoms with Crippen molar-refractivity contribution in [3.63, 3.8) is 0 Å². The molecule has 0 fully saturated rings. The van der Waals surface area contributed by atoms with E-state index in [0.717, 1.165) is 6.42 Å². The van der Waals surface area contributed by atoms with Gasteiger partial charge in [-0.15, -0.1) is 0 Å². The molecule has 0 aliphatic heterocycles. The second-order valence-electron chi connectivity index (χ2n) is 4.89. The topological polar surface area (TPSA) is 55.1 Å². The first kappa shape index (κ1) is 13.3. The fourth-order valence-electron chi connectivity index (χ4n) is 2.32. The number of carboxylic acid groups (broad SMARTS) is 1. The Bertz CT molecular complexity index is 615. The van der Waals surface area contributed by atoms with Gasteiger partial charge in [0, 0.05) is 7.05 Å². The van der Waals surface area contributed by atoms with E-state index in [4.69, 9.17) is 5.11 Å². The molecule has 0 saturated carbocycles. The smallest absolute Gasteiger partial charge is 0.354 e. The molecule has 2 rings (SSSR count). The Hall–Kier alpha value is -2.10. The van der Waals surface area contributed by atoms with E-state index in [1.807, 2.05) is 0 Å². The highest BCUT2D eigenvalue weighted by atomic mass is 16.4. The van der Waals surface area contributed by atoms with Crippen LogP contribution in [-0.4, -0.2) is 20.6 Å². The van der Waals surface area contributed by atoms with E-state index >= 15 is 0 Å². The molecule has 0 aliphatic rings. The van der Waals surface area contributed by atoms with Crippen molar-refractivity contribution in [1.82, 2.24) is 9.55 Å². The fourth-order valence-corrected chi connectivity index (χ4v) is 2.32. The SMILES string of the molecule is Cc1ccc(CCc2ncn(C)c2C(=O)O)c(C)c1. The Morgan fingerprint density at radius 3 is 2.68 bits per heavy atom. The van der Waals surface area contributed by atoms with Crippen molar-refractivity contribution in [3.05, 3.63) is 52.6 Å².